The van der Waals surface area contributed by atoms with Crippen molar-refractivity contribution in [3.05, 3.63) is 223 Å². The zero-order valence-electron chi connectivity index (χ0n) is 36.0. The van der Waals surface area contributed by atoms with E-state index in [0.717, 1.165) is 34.1 Å². The van der Waals surface area contributed by atoms with Crippen molar-refractivity contribution in [1.82, 2.24) is 0 Å². The highest BCUT2D eigenvalue weighted by Crippen LogP contribution is 2.56. The Balaban J connectivity index is 0.939. The summed E-state index contributed by atoms with van der Waals surface area (Å²) in [4.78, 5) is 7.29. The average molecular weight is 848 g/mol. The van der Waals surface area contributed by atoms with Crippen LogP contribution in [-0.4, -0.2) is 0 Å². The maximum Gasteiger partial charge on any atom is 0.0703 e. The van der Waals surface area contributed by atoms with Gasteiger partial charge in [-0.1, -0.05) is 141 Å². The first kappa shape index (κ1) is 36.6. The Hall–Kier alpha value is -7.92. The fraction of sp³-hybridized carbons (Fsp3) is 0.0492. The molecule has 3 nitrogen and oxygen atoms in total. The van der Waals surface area contributed by atoms with E-state index in [1.54, 1.807) is 0 Å². The normalized spacial score (nSPS) is 14.0. The van der Waals surface area contributed by atoms with Crippen molar-refractivity contribution in [1.29, 1.82) is 0 Å². The third kappa shape index (κ3) is 5.17. The van der Waals surface area contributed by atoms with Crippen molar-refractivity contribution >= 4 is 126 Å². The Morgan fingerprint density at radius 2 is 0.800 bits per heavy atom. The molecule has 2 aliphatic rings. The Kier molecular flexibility index (Phi) is 7.62. The molecule has 3 heterocycles. The molecule has 4 heteroatoms. The van der Waals surface area contributed by atoms with E-state index in [-0.39, 0.29) is 5.41 Å². The first-order valence-electron chi connectivity index (χ1n) is 22.5. The predicted octanol–water partition coefficient (Wildman–Crippen LogP) is 18.0. The third-order valence-electron chi connectivity index (χ3n) is 14.3. The molecule has 14 rings (SSSR count). The largest absolute Gasteiger partial charge is 0.310 e. The quantitative estimate of drug-likeness (QED) is 0.164. The van der Waals surface area contributed by atoms with Crippen LogP contribution < -0.4 is 14.7 Å². The van der Waals surface area contributed by atoms with Crippen LogP contribution in [0.15, 0.2) is 212 Å². The summed E-state index contributed by atoms with van der Waals surface area (Å²) in [6.45, 7) is 4.70. The molecule has 11 aromatic carbocycles. The maximum atomic E-state index is 2.46. The molecular weight excluding hydrogens is 807 g/mol. The van der Waals surface area contributed by atoms with Crippen molar-refractivity contribution in [2.45, 2.75) is 19.3 Å². The van der Waals surface area contributed by atoms with Gasteiger partial charge in [0.05, 0.1) is 34.1 Å². The Bertz CT molecular complexity index is 3840. The fourth-order valence-electron chi connectivity index (χ4n) is 11.3. The van der Waals surface area contributed by atoms with E-state index in [0.29, 0.717) is 0 Å². The molecule has 0 aliphatic carbocycles. The number of benzene rings is 11. The molecule has 12 aromatic rings. The molecule has 0 radical (unpaired) electrons. The number of nitrogens with zero attached hydrogens (tertiary/aromatic N) is 3. The Labute approximate surface area is 381 Å². The number of thiophene rings is 1. The molecule has 0 amide bonds. The lowest BCUT2D eigenvalue weighted by Crippen LogP contribution is -2.30. The third-order valence-corrected chi connectivity index (χ3v) is 15.4. The lowest BCUT2D eigenvalue weighted by Gasteiger charge is -2.42. The van der Waals surface area contributed by atoms with Crippen LogP contribution in [-0.2, 0) is 5.41 Å². The van der Waals surface area contributed by atoms with Crippen molar-refractivity contribution in [3.8, 4) is 0 Å². The van der Waals surface area contributed by atoms with Gasteiger partial charge in [0.15, 0.2) is 0 Å². The predicted molar refractivity (Wildman–Crippen MR) is 279 cm³/mol. The Morgan fingerprint density at radius 3 is 1.48 bits per heavy atom. The van der Waals surface area contributed by atoms with Crippen LogP contribution in [0.4, 0.5) is 51.2 Å². The second kappa shape index (κ2) is 13.5. The second-order valence-corrected chi connectivity index (χ2v) is 19.2. The molecule has 0 N–H and O–H groups in total. The summed E-state index contributed by atoms with van der Waals surface area (Å²) >= 11 is 1.93. The van der Waals surface area contributed by atoms with Gasteiger partial charge in [0.2, 0.25) is 0 Å². The van der Waals surface area contributed by atoms with Crippen LogP contribution in [0.1, 0.15) is 25.0 Å². The summed E-state index contributed by atoms with van der Waals surface area (Å²) in [6, 6.07) is 78.8. The topological polar surface area (TPSA) is 9.72 Å². The lowest BCUT2D eigenvalue weighted by atomic mass is 9.73. The zero-order valence-corrected chi connectivity index (χ0v) is 36.8. The van der Waals surface area contributed by atoms with E-state index < -0.39 is 0 Å². The lowest BCUT2D eigenvalue weighted by molar-refractivity contribution is 0.632. The number of hydrogen-bond acceptors (Lipinski definition) is 4. The summed E-state index contributed by atoms with van der Waals surface area (Å²) in [6.07, 6.45) is 0. The second-order valence-electron chi connectivity index (χ2n) is 18.1. The summed E-state index contributed by atoms with van der Waals surface area (Å²) in [5.74, 6) is 0. The minimum absolute atomic E-state index is 0.0973. The molecule has 306 valence electrons. The van der Waals surface area contributed by atoms with E-state index in [1.165, 1.54) is 91.5 Å². The molecule has 0 bridgehead atoms. The van der Waals surface area contributed by atoms with Gasteiger partial charge in [-0.3, -0.25) is 0 Å². The van der Waals surface area contributed by atoms with Crippen LogP contribution in [0.25, 0.3) is 63.3 Å². The highest BCUT2D eigenvalue weighted by Gasteiger charge is 2.36. The van der Waals surface area contributed by atoms with Gasteiger partial charge in [-0.05, 0) is 134 Å². The van der Waals surface area contributed by atoms with Gasteiger partial charge in [0.1, 0.15) is 0 Å². The van der Waals surface area contributed by atoms with Gasteiger partial charge in [0, 0.05) is 48.0 Å². The van der Waals surface area contributed by atoms with Crippen molar-refractivity contribution in [2.75, 3.05) is 14.7 Å². The van der Waals surface area contributed by atoms with E-state index >= 15 is 0 Å². The van der Waals surface area contributed by atoms with Gasteiger partial charge in [-0.15, -0.1) is 11.3 Å². The number of hydrogen-bond donors (Lipinski definition) is 0. The van der Waals surface area contributed by atoms with Gasteiger partial charge in [0.25, 0.3) is 0 Å². The SMILES string of the molecule is CC1(C)c2ccccc2N(c2ccc3cc4sc5c(ccc6c7ccc(N8c9ccccc9N(c9ccccc9)c9ccccc98)cc7c7ccccc7c65)c4cc3c2)c2ccccc21. The van der Waals surface area contributed by atoms with Crippen LogP contribution in [0.3, 0.4) is 0 Å². The minimum Gasteiger partial charge on any atom is -0.310 e. The molecule has 0 spiro atoms. The average Bonchev–Trinajstić information content (AvgIpc) is 3.72. The van der Waals surface area contributed by atoms with Crippen LogP contribution in [0, 0.1) is 0 Å². The number of fused-ring (bicyclic) bond motifs is 15. The molecule has 1 aromatic heterocycles. The molecule has 2 aliphatic heterocycles. The van der Waals surface area contributed by atoms with E-state index in [9.17, 15) is 0 Å². The van der Waals surface area contributed by atoms with Gasteiger partial charge < -0.3 is 14.7 Å². The maximum absolute atomic E-state index is 2.46. The highest BCUT2D eigenvalue weighted by atomic mass is 32.1. The van der Waals surface area contributed by atoms with E-state index in [2.05, 4.69) is 241 Å². The molecule has 0 fully saturated rings. The van der Waals surface area contributed by atoms with Gasteiger partial charge in [-0.2, -0.15) is 0 Å². The van der Waals surface area contributed by atoms with Crippen LogP contribution in [0.2, 0.25) is 0 Å². The molecule has 0 saturated heterocycles. The van der Waals surface area contributed by atoms with E-state index in [4.69, 9.17) is 0 Å². The molecule has 0 atom stereocenters. The first-order chi connectivity index (χ1) is 32.0. The number of rotatable bonds is 3. The Morgan fingerprint density at radius 1 is 0.323 bits per heavy atom. The zero-order chi connectivity index (χ0) is 43.0. The molecular formula is C61H41N3S. The summed E-state index contributed by atoms with van der Waals surface area (Å²) in [7, 11) is 0. The molecule has 0 unspecified atom stereocenters. The minimum atomic E-state index is -0.0973. The van der Waals surface area contributed by atoms with Crippen molar-refractivity contribution in [3.63, 3.8) is 0 Å². The van der Waals surface area contributed by atoms with Gasteiger partial charge >= 0.3 is 0 Å². The summed E-state index contributed by atoms with van der Waals surface area (Å²) in [5.41, 5.74) is 13.2. The first-order valence-corrected chi connectivity index (χ1v) is 23.3. The summed E-state index contributed by atoms with van der Waals surface area (Å²) in [5, 5.41) is 12.8. The van der Waals surface area contributed by atoms with Crippen molar-refractivity contribution < 1.29 is 0 Å². The standard InChI is InChI=1S/C61H41N3S/c1-61(2)50-20-8-10-22-52(50)63(53-23-11-9-21-51(53)61)41-29-28-38-36-58-49(35-39(38)34-41)47-33-32-46-44-31-30-42(37-48(44)43-18-6-7-19-45(43)59(46)60(47)65-58)64-56-26-14-12-24-54(56)62(40-16-4-3-5-17-40)55-25-13-15-27-57(55)64/h3-37H,1-2H3. The molecule has 65 heavy (non-hydrogen) atoms. The van der Waals surface area contributed by atoms with Gasteiger partial charge in [-0.25, -0.2) is 0 Å². The monoisotopic (exact) mass is 847 g/mol. The van der Waals surface area contributed by atoms with E-state index in [1.807, 2.05) is 11.3 Å². The van der Waals surface area contributed by atoms with Crippen LogP contribution in [0.5, 0.6) is 0 Å². The number of para-hydroxylation sites is 7. The van der Waals surface area contributed by atoms with Crippen molar-refractivity contribution in [2.24, 2.45) is 0 Å². The smallest absolute Gasteiger partial charge is 0.0703 e. The van der Waals surface area contributed by atoms with Crippen LogP contribution >= 0.6 is 11.3 Å². The fourth-order valence-corrected chi connectivity index (χ4v) is 12.6. The summed E-state index contributed by atoms with van der Waals surface area (Å²) < 4.78 is 2.66. The highest BCUT2D eigenvalue weighted by molar-refractivity contribution is 7.27. The number of anilines is 9. The molecule has 0 saturated carbocycles.